The van der Waals surface area contributed by atoms with Crippen LogP contribution in [0, 0.1) is 0 Å². The lowest BCUT2D eigenvalue weighted by Crippen LogP contribution is -2.11. The smallest absolute Gasteiger partial charge is 0.111 e. The fraction of sp³-hybridized carbons (Fsp3) is 0.875. The van der Waals surface area contributed by atoms with Crippen molar-refractivity contribution in [2.75, 3.05) is 0 Å². The second-order valence-corrected chi connectivity index (χ2v) is 8.41. The number of rotatable bonds is 17. The van der Waals surface area contributed by atoms with Crippen molar-refractivity contribution in [3.05, 3.63) is 18.2 Å². The molecule has 0 aliphatic heterocycles. The Morgan fingerprint density at radius 3 is 1.85 bits per heavy atom. The van der Waals surface area contributed by atoms with E-state index in [9.17, 15) is 0 Å². The molecule has 2 nitrogen and oxygen atoms in total. The minimum atomic E-state index is 0.588. The zero-order valence-electron chi connectivity index (χ0n) is 18.3. The van der Waals surface area contributed by atoms with Crippen LogP contribution in [-0.4, -0.2) is 9.55 Å². The molecule has 1 aromatic rings. The average molecular weight is 363 g/mol. The minimum absolute atomic E-state index is 0.588. The number of hydrogen-bond donors (Lipinski definition) is 0. The summed E-state index contributed by atoms with van der Waals surface area (Å²) < 4.78 is 2.44. The summed E-state index contributed by atoms with van der Waals surface area (Å²) >= 11 is 0. The van der Waals surface area contributed by atoms with Crippen LogP contribution in [0.2, 0.25) is 0 Å². The molecule has 1 rings (SSSR count). The van der Waals surface area contributed by atoms with Crippen LogP contribution >= 0.6 is 0 Å². The lowest BCUT2D eigenvalue weighted by molar-refractivity contribution is 0.438. The van der Waals surface area contributed by atoms with E-state index in [0.717, 1.165) is 0 Å². The Kier molecular flexibility index (Phi) is 13.7. The predicted molar refractivity (Wildman–Crippen MR) is 116 cm³/mol. The molecule has 0 aliphatic carbocycles. The van der Waals surface area contributed by atoms with Crippen molar-refractivity contribution in [1.82, 2.24) is 9.55 Å². The average Bonchev–Trinajstić information content (AvgIpc) is 3.14. The lowest BCUT2D eigenvalue weighted by Gasteiger charge is -2.19. The maximum absolute atomic E-state index is 4.66. The van der Waals surface area contributed by atoms with E-state index in [-0.39, 0.29) is 0 Å². The van der Waals surface area contributed by atoms with Crippen LogP contribution in [0.3, 0.4) is 0 Å². The van der Waals surface area contributed by atoms with Crippen LogP contribution < -0.4 is 0 Å². The standard InChI is InChI=1S/C24H46N2/c1-5-7-9-10-11-12-13-14-15-16-17-19-23(4)26-21-20-25-24(26)22(3)18-8-6-2/h20-23H,5-19H2,1-4H3. The van der Waals surface area contributed by atoms with Gasteiger partial charge in [0.2, 0.25) is 0 Å². The van der Waals surface area contributed by atoms with Crippen LogP contribution in [0.15, 0.2) is 12.4 Å². The molecule has 0 spiro atoms. The van der Waals surface area contributed by atoms with Crippen LogP contribution in [0.4, 0.5) is 0 Å². The molecule has 152 valence electrons. The van der Waals surface area contributed by atoms with Crippen molar-refractivity contribution in [2.45, 2.75) is 136 Å². The molecule has 2 heteroatoms. The molecular formula is C24H46N2. The highest BCUT2D eigenvalue weighted by Gasteiger charge is 2.15. The largest absolute Gasteiger partial charge is 0.332 e. The maximum atomic E-state index is 4.66. The van der Waals surface area contributed by atoms with Gasteiger partial charge in [0.05, 0.1) is 0 Å². The molecule has 26 heavy (non-hydrogen) atoms. The van der Waals surface area contributed by atoms with E-state index in [0.29, 0.717) is 12.0 Å². The van der Waals surface area contributed by atoms with E-state index in [2.05, 4.69) is 43.4 Å². The van der Waals surface area contributed by atoms with E-state index in [1.807, 2.05) is 6.20 Å². The summed E-state index contributed by atoms with van der Waals surface area (Å²) in [7, 11) is 0. The zero-order valence-corrected chi connectivity index (χ0v) is 18.3. The molecule has 0 saturated heterocycles. The van der Waals surface area contributed by atoms with E-state index < -0.39 is 0 Å². The van der Waals surface area contributed by atoms with Crippen molar-refractivity contribution in [3.8, 4) is 0 Å². The third kappa shape index (κ3) is 9.78. The van der Waals surface area contributed by atoms with Crippen LogP contribution in [0.5, 0.6) is 0 Å². The summed E-state index contributed by atoms with van der Waals surface area (Å²) in [6.45, 7) is 9.27. The van der Waals surface area contributed by atoms with E-state index in [4.69, 9.17) is 0 Å². The molecule has 0 aromatic carbocycles. The molecule has 1 heterocycles. The fourth-order valence-electron chi connectivity index (χ4n) is 3.96. The SMILES string of the molecule is CCCCCCCCCCCCCC(C)n1ccnc1C(C)CCCC. The van der Waals surface area contributed by atoms with Gasteiger partial charge in [0, 0.05) is 24.4 Å². The molecule has 0 radical (unpaired) electrons. The maximum Gasteiger partial charge on any atom is 0.111 e. The first-order valence-corrected chi connectivity index (χ1v) is 11.7. The van der Waals surface area contributed by atoms with Gasteiger partial charge in [-0.05, 0) is 19.8 Å². The number of imidazole rings is 1. The highest BCUT2D eigenvalue weighted by Crippen LogP contribution is 2.25. The molecular weight excluding hydrogens is 316 g/mol. The van der Waals surface area contributed by atoms with Crippen molar-refractivity contribution in [2.24, 2.45) is 0 Å². The Morgan fingerprint density at radius 2 is 1.27 bits per heavy atom. The Labute approximate surface area is 164 Å². The van der Waals surface area contributed by atoms with Crippen molar-refractivity contribution >= 4 is 0 Å². The van der Waals surface area contributed by atoms with Crippen molar-refractivity contribution in [3.63, 3.8) is 0 Å². The second kappa shape index (κ2) is 15.3. The molecule has 0 aliphatic rings. The highest BCUT2D eigenvalue weighted by molar-refractivity contribution is 5.00. The third-order valence-corrected chi connectivity index (χ3v) is 5.83. The van der Waals surface area contributed by atoms with Crippen LogP contribution in [0.25, 0.3) is 0 Å². The zero-order chi connectivity index (χ0) is 19.0. The van der Waals surface area contributed by atoms with Gasteiger partial charge < -0.3 is 4.57 Å². The Bertz CT molecular complexity index is 424. The highest BCUT2D eigenvalue weighted by atomic mass is 15.1. The summed E-state index contributed by atoms with van der Waals surface area (Å²) in [4.78, 5) is 4.66. The molecule has 0 amide bonds. The van der Waals surface area contributed by atoms with E-state index in [1.54, 1.807) is 0 Å². The molecule has 0 bridgehead atoms. The normalized spacial score (nSPS) is 13.8. The first-order valence-electron chi connectivity index (χ1n) is 11.7. The summed E-state index contributed by atoms with van der Waals surface area (Å²) in [5.41, 5.74) is 0. The van der Waals surface area contributed by atoms with E-state index in [1.165, 1.54) is 102 Å². The quantitative estimate of drug-likeness (QED) is 0.254. The van der Waals surface area contributed by atoms with Gasteiger partial charge in [-0.1, -0.05) is 104 Å². The second-order valence-electron chi connectivity index (χ2n) is 8.41. The Morgan fingerprint density at radius 1 is 0.731 bits per heavy atom. The van der Waals surface area contributed by atoms with Gasteiger partial charge in [-0.25, -0.2) is 4.98 Å². The monoisotopic (exact) mass is 362 g/mol. The van der Waals surface area contributed by atoms with Gasteiger partial charge in [0.15, 0.2) is 0 Å². The molecule has 2 unspecified atom stereocenters. The third-order valence-electron chi connectivity index (χ3n) is 5.83. The van der Waals surface area contributed by atoms with Gasteiger partial charge >= 0.3 is 0 Å². The molecule has 2 atom stereocenters. The van der Waals surface area contributed by atoms with Crippen LogP contribution in [0.1, 0.15) is 142 Å². The summed E-state index contributed by atoms with van der Waals surface area (Å²) in [6.07, 6.45) is 25.0. The summed E-state index contributed by atoms with van der Waals surface area (Å²) in [6, 6.07) is 0.593. The number of aromatic nitrogens is 2. The predicted octanol–water partition coefficient (Wildman–Crippen LogP) is 8.44. The number of hydrogen-bond acceptors (Lipinski definition) is 1. The minimum Gasteiger partial charge on any atom is -0.332 e. The van der Waals surface area contributed by atoms with E-state index >= 15 is 0 Å². The van der Waals surface area contributed by atoms with Gasteiger partial charge in [-0.2, -0.15) is 0 Å². The van der Waals surface area contributed by atoms with Crippen molar-refractivity contribution < 1.29 is 0 Å². The number of unbranched alkanes of at least 4 members (excludes halogenated alkanes) is 11. The number of nitrogens with zero attached hydrogens (tertiary/aromatic N) is 2. The Hall–Kier alpha value is -0.790. The first kappa shape index (κ1) is 23.2. The molecule has 0 fully saturated rings. The fourth-order valence-corrected chi connectivity index (χ4v) is 3.96. The topological polar surface area (TPSA) is 17.8 Å². The van der Waals surface area contributed by atoms with Gasteiger partial charge in [-0.15, -0.1) is 0 Å². The molecule has 0 N–H and O–H groups in total. The van der Waals surface area contributed by atoms with Gasteiger partial charge in [0.25, 0.3) is 0 Å². The van der Waals surface area contributed by atoms with Gasteiger partial charge in [-0.3, -0.25) is 0 Å². The van der Waals surface area contributed by atoms with Crippen LogP contribution in [-0.2, 0) is 0 Å². The van der Waals surface area contributed by atoms with Gasteiger partial charge in [0.1, 0.15) is 5.82 Å². The first-order chi connectivity index (χ1) is 12.7. The summed E-state index contributed by atoms with van der Waals surface area (Å²) in [5, 5.41) is 0. The lowest BCUT2D eigenvalue weighted by atomic mass is 10.0. The molecule has 1 aromatic heterocycles. The molecule has 0 saturated carbocycles. The van der Waals surface area contributed by atoms with Crippen molar-refractivity contribution in [1.29, 1.82) is 0 Å². The Balaban J connectivity index is 2.10. The summed E-state index contributed by atoms with van der Waals surface area (Å²) in [5.74, 6) is 1.89.